The Morgan fingerprint density at radius 2 is 1.77 bits per heavy atom. The quantitative estimate of drug-likeness (QED) is 0.480. The molecule has 0 unspecified atom stereocenters. The van der Waals surface area contributed by atoms with Gasteiger partial charge in [0.1, 0.15) is 0 Å². The molecule has 22 heavy (non-hydrogen) atoms. The van der Waals surface area contributed by atoms with E-state index in [1.54, 1.807) is 0 Å². The van der Waals surface area contributed by atoms with E-state index in [-0.39, 0.29) is 24.8 Å². The minimum Gasteiger partial charge on any atom is -0.399 e. The van der Waals surface area contributed by atoms with Gasteiger partial charge in [-0.05, 0) is 63.0 Å². The maximum atomic E-state index is 6.22. The number of unbranched alkanes of at least 4 members (excludes halogenated alkanes) is 2. The van der Waals surface area contributed by atoms with E-state index >= 15 is 0 Å². The van der Waals surface area contributed by atoms with Gasteiger partial charge in [0.05, 0.1) is 0 Å². The number of hydrogen-bond acceptors (Lipinski definition) is 3. The first-order valence-electron chi connectivity index (χ1n) is 7.63. The number of halogens is 3. The lowest BCUT2D eigenvalue weighted by atomic mass is 10.1. The predicted molar refractivity (Wildman–Crippen MR) is 104 cm³/mol. The third-order valence-electron chi connectivity index (χ3n) is 3.49. The summed E-state index contributed by atoms with van der Waals surface area (Å²) in [4.78, 5) is 2.52. The van der Waals surface area contributed by atoms with E-state index in [0.717, 1.165) is 49.7 Å². The summed E-state index contributed by atoms with van der Waals surface area (Å²) >= 11 is 6.22. The van der Waals surface area contributed by atoms with Crippen molar-refractivity contribution in [3.63, 3.8) is 0 Å². The van der Waals surface area contributed by atoms with E-state index in [1.165, 1.54) is 24.8 Å². The molecule has 0 heterocycles. The molecule has 130 valence electrons. The molecular weight excluding hydrogens is 341 g/mol. The summed E-state index contributed by atoms with van der Waals surface area (Å²) in [6.07, 6.45) is 5.75. The average Bonchev–Trinajstić information content (AvgIpc) is 2.42. The lowest BCUT2D eigenvalue weighted by Gasteiger charge is -2.22. The van der Waals surface area contributed by atoms with Gasteiger partial charge in [-0.3, -0.25) is 0 Å². The van der Waals surface area contributed by atoms with Gasteiger partial charge in [0.2, 0.25) is 0 Å². The molecule has 1 rings (SSSR count). The second kappa shape index (κ2) is 14.4. The van der Waals surface area contributed by atoms with Gasteiger partial charge in [-0.15, -0.1) is 24.8 Å². The molecule has 1 aromatic rings. The Kier molecular flexibility index (Phi) is 15.8. The molecule has 0 aliphatic carbocycles. The number of anilines is 1. The van der Waals surface area contributed by atoms with E-state index < -0.39 is 0 Å². The van der Waals surface area contributed by atoms with Gasteiger partial charge in [0, 0.05) is 17.3 Å². The number of benzene rings is 1. The van der Waals surface area contributed by atoms with Crippen LogP contribution in [0, 0.1) is 0 Å². The highest BCUT2D eigenvalue weighted by Gasteiger charge is 2.06. The summed E-state index contributed by atoms with van der Waals surface area (Å²) in [5.74, 6) is 0. The number of nitrogens with zero attached hydrogens (tertiary/aromatic N) is 1. The molecule has 1 aromatic carbocycles. The lowest BCUT2D eigenvalue weighted by molar-refractivity contribution is 0.271. The van der Waals surface area contributed by atoms with Crippen LogP contribution in [-0.2, 0) is 6.42 Å². The van der Waals surface area contributed by atoms with Gasteiger partial charge in [-0.2, -0.15) is 0 Å². The van der Waals surface area contributed by atoms with Crippen molar-refractivity contribution in [3.05, 3.63) is 28.8 Å². The average molecular weight is 371 g/mol. The van der Waals surface area contributed by atoms with E-state index in [4.69, 9.17) is 23.1 Å². The molecule has 0 atom stereocenters. The van der Waals surface area contributed by atoms with Gasteiger partial charge >= 0.3 is 0 Å². The minimum atomic E-state index is 0. The smallest absolute Gasteiger partial charge is 0.0458 e. The molecule has 0 aliphatic heterocycles. The maximum Gasteiger partial charge on any atom is 0.0458 e. The Morgan fingerprint density at radius 1 is 1.05 bits per heavy atom. The van der Waals surface area contributed by atoms with Gasteiger partial charge in [0.15, 0.2) is 0 Å². The molecule has 0 aromatic heterocycles. The third kappa shape index (κ3) is 9.75. The largest absolute Gasteiger partial charge is 0.399 e. The van der Waals surface area contributed by atoms with Crippen molar-refractivity contribution in [1.29, 1.82) is 0 Å². The van der Waals surface area contributed by atoms with Gasteiger partial charge in [-0.1, -0.05) is 31.0 Å². The molecule has 0 spiro atoms. The van der Waals surface area contributed by atoms with Crippen molar-refractivity contribution >= 4 is 42.1 Å². The van der Waals surface area contributed by atoms with Crippen LogP contribution in [0.1, 0.15) is 38.2 Å². The van der Waals surface area contributed by atoms with Crippen LogP contribution in [0.4, 0.5) is 5.69 Å². The standard InChI is InChI=1S/C16H28ClN3.2ClH/c1-2-10-20(11-5-3-4-9-18)12-8-14-6-7-15(19)13-16(14)17;;/h6-7,13H,2-5,8-12,18-19H2,1H3;2*1H. The summed E-state index contributed by atoms with van der Waals surface area (Å²) in [6.45, 7) is 6.38. The molecule has 3 nitrogen and oxygen atoms in total. The summed E-state index contributed by atoms with van der Waals surface area (Å²) < 4.78 is 0. The zero-order valence-corrected chi connectivity index (χ0v) is 15.8. The topological polar surface area (TPSA) is 55.3 Å². The fourth-order valence-corrected chi connectivity index (χ4v) is 2.64. The Labute approximate surface area is 152 Å². The minimum absolute atomic E-state index is 0. The van der Waals surface area contributed by atoms with Gasteiger partial charge in [-0.25, -0.2) is 0 Å². The van der Waals surface area contributed by atoms with E-state index in [1.807, 2.05) is 18.2 Å². The van der Waals surface area contributed by atoms with Crippen LogP contribution in [0.2, 0.25) is 5.02 Å². The Hall–Kier alpha value is -0.190. The molecule has 0 amide bonds. The van der Waals surface area contributed by atoms with Crippen LogP contribution < -0.4 is 11.5 Å². The number of rotatable bonds is 10. The van der Waals surface area contributed by atoms with Crippen molar-refractivity contribution in [2.75, 3.05) is 31.9 Å². The first-order chi connectivity index (χ1) is 9.67. The fourth-order valence-electron chi connectivity index (χ4n) is 2.35. The third-order valence-corrected chi connectivity index (χ3v) is 3.84. The molecule has 6 heteroatoms. The van der Waals surface area contributed by atoms with Crippen LogP contribution in [0.3, 0.4) is 0 Å². The molecule has 0 aliphatic rings. The van der Waals surface area contributed by atoms with Crippen LogP contribution >= 0.6 is 36.4 Å². The van der Waals surface area contributed by atoms with E-state index in [0.29, 0.717) is 0 Å². The summed E-state index contributed by atoms with van der Waals surface area (Å²) in [5.41, 5.74) is 13.2. The zero-order valence-electron chi connectivity index (χ0n) is 13.4. The van der Waals surface area contributed by atoms with Gasteiger partial charge in [0.25, 0.3) is 0 Å². The first-order valence-corrected chi connectivity index (χ1v) is 8.01. The highest BCUT2D eigenvalue weighted by Crippen LogP contribution is 2.20. The van der Waals surface area contributed by atoms with Gasteiger partial charge < -0.3 is 16.4 Å². The number of nitrogens with two attached hydrogens (primary N) is 2. The molecule has 0 saturated carbocycles. The fraction of sp³-hybridized carbons (Fsp3) is 0.625. The highest BCUT2D eigenvalue weighted by molar-refractivity contribution is 6.31. The Bertz CT molecular complexity index is 389. The molecule has 0 saturated heterocycles. The van der Waals surface area contributed by atoms with Crippen molar-refractivity contribution < 1.29 is 0 Å². The second-order valence-corrected chi connectivity index (χ2v) is 5.70. The van der Waals surface area contributed by atoms with Crippen molar-refractivity contribution in [1.82, 2.24) is 4.90 Å². The summed E-state index contributed by atoms with van der Waals surface area (Å²) in [6, 6.07) is 5.80. The Balaban J connectivity index is 0. The molecule has 0 fully saturated rings. The van der Waals surface area contributed by atoms with E-state index in [2.05, 4.69) is 11.8 Å². The monoisotopic (exact) mass is 369 g/mol. The maximum absolute atomic E-state index is 6.22. The first kappa shape index (κ1) is 24.1. The number of hydrogen-bond donors (Lipinski definition) is 2. The molecule has 0 radical (unpaired) electrons. The lowest BCUT2D eigenvalue weighted by Crippen LogP contribution is -2.28. The van der Waals surface area contributed by atoms with E-state index in [9.17, 15) is 0 Å². The zero-order chi connectivity index (χ0) is 14.8. The van der Waals surface area contributed by atoms with Crippen LogP contribution in [0.25, 0.3) is 0 Å². The highest BCUT2D eigenvalue weighted by atomic mass is 35.5. The SMILES string of the molecule is CCCN(CCCCCN)CCc1ccc(N)cc1Cl.Cl.Cl. The molecule has 0 bridgehead atoms. The predicted octanol–water partition coefficient (Wildman–Crippen LogP) is 4.15. The van der Waals surface area contributed by atoms with Crippen LogP contribution in [0.15, 0.2) is 18.2 Å². The second-order valence-electron chi connectivity index (χ2n) is 5.29. The normalized spacial score (nSPS) is 10.2. The number of nitrogen functional groups attached to an aromatic ring is 1. The van der Waals surface area contributed by atoms with Crippen molar-refractivity contribution in [3.8, 4) is 0 Å². The summed E-state index contributed by atoms with van der Waals surface area (Å²) in [5, 5.41) is 0.782. The van der Waals surface area contributed by atoms with Crippen LogP contribution in [0.5, 0.6) is 0 Å². The van der Waals surface area contributed by atoms with Crippen molar-refractivity contribution in [2.45, 2.75) is 39.0 Å². The molecule has 4 N–H and O–H groups in total. The Morgan fingerprint density at radius 3 is 2.36 bits per heavy atom. The van der Waals surface area contributed by atoms with Crippen molar-refractivity contribution in [2.24, 2.45) is 5.73 Å². The van der Waals surface area contributed by atoms with Crippen LogP contribution in [-0.4, -0.2) is 31.1 Å². The molecular formula is C16H30Cl3N3. The summed E-state index contributed by atoms with van der Waals surface area (Å²) in [7, 11) is 0.